The lowest BCUT2D eigenvalue weighted by Gasteiger charge is -2.20. The second-order valence-corrected chi connectivity index (χ2v) is 3.62. The van der Waals surface area contributed by atoms with Crippen LogP contribution >= 0.6 is 11.6 Å². The highest BCUT2D eigenvalue weighted by Crippen LogP contribution is 2.10. The van der Waals surface area contributed by atoms with Crippen molar-refractivity contribution < 1.29 is 10.2 Å². The summed E-state index contributed by atoms with van der Waals surface area (Å²) < 4.78 is 0. The maximum absolute atomic E-state index is 9.46. The Labute approximate surface area is 86.8 Å². The van der Waals surface area contributed by atoms with E-state index in [1.54, 1.807) is 0 Å². The molecule has 14 heavy (non-hydrogen) atoms. The molecule has 0 radical (unpaired) electrons. The summed E-state index contributed by atoms with van der Waals surface area (Å²) in [5.74, 6) is 0.513. The van der Waals surface area contributed by atoms with Gasteiger partial charge in [0.15, 0.2) is 0 Å². The molecule has 5 nitrogen and oxygen atoms in total. The average Bonchev–Trinajstić information content (AvgIpc) is 2.15. The molecule has 0 aliphatic carbocycles. The maximum atomic E-state index is 9.46. The first-order valence-corrected chi connectivity index (χ1v) is 4.46. The molecule has 0 spiro atoms. The Morgan fingerprint density at radius 3 is 2.86 bits per heavy atom. The molecule has 0 saturated heterocycles. The third kappa shape index (κ3) is 3.45. The molecule has 78 valence electrons. The highest BCUT2D eigenvalue weighted by atomic mass is 35.5. The number of hydrogen-bond acceptors (Lipinski definition) is 5. The molecular formula is C8H12ClN3O2. The van der Waals surface area contributed by atoms with Crippen molar-refractivity contribution in [3.63, 3.8) is 0 Å². The molecule has 0 aliphatic rings. The monoisotopic (exact) mass is 217 g/mol. The molecule has 6 heteroatoms. The number of anilines is 1. The summed E-state index contributed by atoms with van der Waals surface area (Å²) in [5.41, 5.74) is -1.17. The van der Waals surface area contributed by atoms with Gasteiger partial charge < -0.3 is 15.5 Å². The van der Waals surface area contributed by atoms with Gasteiger partial charge in [0.1, 0.15) is 22.9 Å². The van der Waals surface area contributed by atoms with Crippen molar-refractivity contribution in [3.05, 3.63) is 17.5 Å². The van der Waals surface area contributed by atoms with Crippen LogP contribution in [-0.4, -0.2) is 38.9 Å². The minimum Gasteiger partial charge on any atom is -0.393 e. The predicted molar refractivity (Wildman–Crippen MR) is 53.2 cm³/mol. The number of halogens is 1. The summed E-state index contributed by atoms with van der Waals surface area (Å²) >= 11 is 5.63. The van der Waals surface area contributed by atoms with Gasteiger partial charge in [0, 0.05) is 12.6 Å². The molecule has 0 bridgehead atoms. The van der Waals surface area contributed by atoms with Crippen molar-refractivity contribution in [1.29, 1.82) is 0 Å². The number of aliphatic hydroxyl groups is 2. The van der Waals surface area contributed by atoms with Gasteiger partial charge in [-0.1, -0.05) is 11.6 Å². The fourth-order valence-corrected chi connectivity index (χ4v) is 0.914. The van der Waals surface area contributed by atoms with Crippen LogP contribution < -0.4 is 5.32 Å². The van der Waals surface area contributed by atoms with Crippen LogP contribution in [0.2, 0.25) is 5.15 Å². The second kappa shape index (κ2) is 4.54. The van der Waals surface area contributed by atoms with E-state index in [1.807, 2.05) is 0 Å². The lowest BCUT2D eigenvalue weighted by molar-refractivity contribution is 0.0131. The normalized spacial score (nSPS) is 14.9. The van der Waals surface area contributed by atoms with Gasteiger partial charge in [0.25, 0.3) is 0 Å². The number of hydrogen-bond donors (Lipinski definition) is 3. The highest BCUT2D eigenvalue weighted by molar-refractivity contribution is 6.29. The summed E-state index contributed by atoms with van der Waals surface area (Å²) in [5, 5.41) is 21.4. The number of nitrogens with zero attached hydrogens (tertiary/aromatic N) is 2. The van der Waals surface area contributed by atoms with E-state index in [1.165, 1.54) is 19.3 Å². The van der Waals surface area contributed by atoms with E-state index >= 15 is 0 Å². The predicted octanol–water partition coefficient (Wildman–Crippen LogP) is 0.285. The van der Waals surface area contributed by atoms with Gasteiger partial charge in [0.2, 0.25) is 0 Å². The quantitative estimate of drug-likeness (QED) is 0.632. The first-order chi connectivity index (χ1) is 6.53. The fourth-order valence-electron chi connectivity index (χ4n) is 0.767. The minimum absolute atomic E-state index is 0.191. The molecule has 3 N–H and O–H groups in total. The van der Waals surface area contributed by atoms with Crippen molar-refractivity contribution in [1.82, 2.24) is 9.97 Å². The Bertz CT molecular complexity index is 306. The second-order valence-electron chi connectivity index (χ2n) is 3.23. The zero-order chi connectivity index (χ0) is 10.6. The molecule has 1 aromatic rings. The van der Waals surface area contributed by atoms with Crippen molar-refractivity contribution in [2.45, 2.75) is 12.5 Å². The summed E-state index contributed by atoms with van der Waals surface area (Å²) in [7, 11) is 0. The fraction of sp³-hybridized carbons (Fsp3) is 0.500. The van der Waals surface area contributed by atoms with Gasteiger partial charge in [0.05, 0.1) is 6.61 Å². The van der Waals surface area contributed by atoms with Gasteiger partial charge in [-0.25, -0.2) is 9.97 Å². The SMILES string of the molecule is CC(O)(CO)CNc1cc(Cl)ncn1. The van der Waals surface area contributed by atoms with Crippen LogP contribution in [0.5, 0.6) is 0 Å². The first kappa shape index (κ1) is 11.2. The molecule has 1 aromatic heterocycles. The number of aliphatic hydroxyl groups excluding tert-OH is 1. The van der Waals surface area contributed by atoms with Crippen LogP contribution in [0, 0.1) is 0 Å². The van der Waals surface area contributed by atoms with E-state index in [-0.39, 0.29) is 13.2 Å². The van der Waals surface area contributed by atoms with Crippen LogP contribution in [0.1, 0.15) is 6.92 Å². The molecule has 1 atom stereocenters. The average molecular weight is 218 g/mol. The van der Waals surface area contributed by atoms with Crippen LogP contribution in [0.25, 0.3) is 0 Å². The van der Waals surface area contributed by atoms with Crippen molar-refractivity contribution in [2.75, 3.05) is 18.5 Å². The van der Waals surface area contributed by atoms with Gasteiger partial charge in [-0.15, -0.1) is 0 Å². The minimum atomic E-state index is -1.17. The molecule has 0 aliphatic heterocycles. The van der Waals surface area contributed by atoms with Gasteiger partial charge in [-0.2, -0.15) is 0 Å². The topological polar surface area (TPSA) is 78.3 Å². The summed E-state index contributed by atoms with van der Waals surface area (Å²) in [6.07, 6.45) is 1.32. The lowest BCUT2D eigenvalue weighted by atomic mass is 10.1. The van der Waals surface area contributed by atoms with Crippen molar-refractivity contribution in [2.24, 2.45) is 0 Å². The largest absolute Gasteiger partial charge is 0.393 e. The van der Waals surface area contributed by atoms with Crippen molar-refractivity contribution >= 4 is 17.4 Å². The number of aromatic nitrogens is 2. The molecule has 0 aromatic carbocycles. The molecule has 0 saturated carbocycles. The lowest BCUT2D eigenvalue weighted by Crippen LogP contribution is -2.37. The molecular weight excluding hydrogens is 206 g/mol. The van der Waals surface area contributed by atoms with E-state index < -0.39 is 5.60 Å². The van der Waals surface area contributed by atoms with E-state index in [4.69, 9.17) is 16.7 Å². The Morgan fingerprint density at radius 2 is 2.29 bits per heavy atom. The Kier molecular flexibility index (Phi) is 3.62. The molecule has 0 fully saturated rings. The van der Waals surface area contributed by atoms with Crippen LogP contribution in [0.4, 0.5) is 5.82 Å². The summed E-state index contributed by atoms with van der Waals surface area (Å²) in [6.45, 7) is 1.39. The number of nitrogens with one attached hydrogen (secondary N) is 1. The van der Waals surface area contributed by atoms with Crippen molar-refractivity contribution in [3.8, 4) is 0 Å². The van der Waals surface area contributed by atoms with Gasteiger partial charge in [-0.05, 0) is 6.92 Å². The maximum Gasteiger partial charge on any atom is 0.134 e. The van der Waals surface area contributed by atoms with Crippen LogP contribution in [0.15, 0.2) is 12.4 Å². The zero-order valence-corrected chi connectivity index (χ0v) is 8.49. The smallest absolute Gasteiger partial charge is 0.134 e. The summed E-state index contributed by atoms with van der Waals surface area (Å²) in [6, 6.07) is 1.54. The standard InChI is InChI=1S/C8H12ClN3O2/c1-8(14,4-13)3-10-7-2-6(9)11-5-12-7/h2,5,13-14H,3-4H2,1H3,(H,10,11,12). The third-order valence-electron chi connectivity index (χ3n) is 1.62. The molecule has 0 amide bonds. The van der Waals surface area contributed by atoms with Gasteiger partial charge in [-0.3, -0.25) is 0 Å². The molecule has 1 heterocycles. The zero-order valence-electron chi connectivity index (χ0n) is 7.74. The summed E-state index contributed by atoms with van der Waals surface area (Å²) in [4.78, 5) is 7.58. The third-order valence-corrected chi connectivity index (χ3v) is 1.83. The Balaban J connectivity index is 2.54. The molecule has 1 unspecified atom stereocenters. The first-order valence-electron chi connectivity index (χ1n) is 4.08. The van der Waals surface area contributed by atoms with Gasteiger partial charge >= 0.3 is 0 Å². The highest BCUT2D eigenvalue weighted by Gasteiger charge is 2.18. The molecule has 1 rings (SSSR count). The Morgan fingerprint density at radius 1 is 1.57 bits per heavy atom. The van der Waals surface area contributed by atoms with E-state index in [0.29, 0.717) is 11.0 Å². The van der Waals surface area contributed by atoms with E-state index in [2.05, 4.69) is 15.3 Å². The Hall–Kier alpha value is -0.910. The number of rotatable bonds is 4. The van der Waals surface area contributed by atoms with Crippen LogP contribution in [0.3, 0.4) is 0 Å². The van der Waals surface area contributed by atoms with Crippen LogP contribution in [-0.2, 0) is 0 Å². The van der Waals surface area contributed by atoms with E-state index in [0.717, 1.165) is 0 Å². The van der Waals surface area contributed by atoms with E-state index in [9.17, 15) is 5.11 Å².